The molecule has 2 heterocycles. The molecule has 0 bridgehead atoms. The van der Waals surface area contributed by atoms with Crippen molar-refractivity contribution in [2.45, 2.75) is 52.0 Å². The highest BCUT2D eigenvalue weighted by Gasteiger charge is 2.33. The Morgan fingerprint density at radius 3 is 2.48 bits per heavy atom. The predicted molar refractivity (Wildman–Crippen MR) is 114 cm³/mol. The first-order valence-electron chi connectivity index (χ1n) is 10.8. The Balaban J connectivity index is 1.66. The van der Waals surface area contributed by atoms with E-state index < -0.39 is 0 Å². The van der Waals surface area contributed by atoms with E-state index in [1.54, 1.807) is 0 Å². The molecule has 2 saturated heterocycles. The van der Waals surface area contributed by atoms with E-state index in [9.17, 15) is 9.59 Å². The number of rotatable bonds is 5. The predicted octanol–water partition coefficient (Wildman–Crippen LogP) is 3.24. The molecule has 0 spiro atoms. The smallest absolute Gasteiger partial charge is 0.317 e. The van der Waals surface area contributed by atoms with E-state index in [2.05, 4.69) is 26.1 Å². The zero-order valence-electron chi connectivity index (χ0n) is 18.0. The van der Waals surface area contributed by atoms with Crippen molar-refractivity contribution in [2.24, 2.45) is 5.41 Å². The summed E-state index contributed by atoms with van der Waals surface area (Å²) in [5.41, 5.74) is 1.13. The lowest BCUT2D eigenvalue weighted by Crippen LogP contribution is -2.48. The molecule has 1 aromatic rings. The van der Waals surface area contributed by atoms with Crippen LogP contribution < -0.4 is 5.32 Å². The van der Waals surface area contributed by atoms with Gasteiger partial charge in [-0.15, -0.1) is 0 Å². The van der Waals surface area contributed by atoms with Crippen LogP contribution in [0.4, 0.5) is 4.79 Å². The number of carbonyl (C=O) groups excluding carboxylic acids is 2. The van der Waals surface area contributed by atoms with Crippen LogP contribution in [0.3, 0.4) is 0 Å². The highest BCUT2D eigenvalue weighted by atomic mass is 16.5. The van der Waals surface area contributed by atoms with E-state index in [4.69, 9.17) is 4.74 Å². The number of amides is 3. The van der Waals surface area contributed by atoms with Crippen molar-refractivity contribution in [3.63, 3.8) is 0 Å². The number of carbonyl (C=O) groups is 2. The van der Waals surface area contributed by atoms with E-state index in [1.165, 1.54) is 0 Å². The fourth-order valence-corrected chi connectivity index (χ4v) is 4.35. The molecular formula is C23H35N3O3. The van der Waals surface area contributed by atoms with Crippen molar-refractivity contribution in [2.75, 3.05) is 39.4 Å². The van der Waals surface area contributed by atoms with Crippen LogP contribution >= 0.6 is 0 Å². The first-order chi connectivity index (χ1) is 13.8. The highest BCUT2D eigenvalue weighted by molar-refractivity contribution is 5.85. The third-order valence-corrected chi connectivity index (χ3v) is 5.77. The summed E-state index contributed by atoms with van der Waals surface area (Å²) in [5.74, 6) is -0.311. The van der Waals surface area contributed by atoms with Crippen LogP contribution in [-0.4, -0.2) is 67.2 Å². The van der Waals surface area contributed by atoms with Gasteiger partial charge in [-0.3, -0.25) is 4.79 Å². The Bertz CT molecular complexity index is 680. The van der Waals surface area contributed by atoms with E-state index in [1.807, 2.05) is 40.1 Å². The molecule has 2 aliphatic heterocycles. The van der Waals surface area contributed by atoms with E-state index in [-0.39, 0.29) is 29.3 Å². The second-order valence-corrected chi connectivity index (χ2v) is 9.34. The third-order valence-electron chi connectivity index (χ3n) is 5.77. The summed E-state index contributed by atoms with van der Waals surface area (Å²) in [4.78, 5) is 30.0. The van der Waals surface area contributed by atoms with Gasteiger partial charge in [-0.2, -0.15) is 0 Å². The van der Waals surface area contributed by atoms with Crippen LogP contribution in [0.25, 0.3) is 0 Å². The molecule has 6 heteroatoms. The number of hydrogen-bond acceptors (Lipinski definition) is 3. The maximum atomic E-state index is 13.2. The molecule has 0 aliphatic carbocycles. The zero-order valence-corrected chi connectivity index (χ0v) is 18.0. The monoisotopic (exact) mass is 401 g/mol. The number of nitrogens with zero attached hydrogens (tertiary/aromatic N) is 2. The van der Waals surface area contributed by atoms with Crippen LogP contribution in [-0.2, 0) is 9.53 Å². The van der Waals surface area contributed by atoms with Gasteiger partial charge >= 0.3 is 6.03 Å². The van der Waals surface area contributed by atoms with Crippen LogP contribution in [0.15, 0.2) is 30.3 Å². The van der Waals surface area contributed by atoms with E-state index >= 15 is 0 Å². The minimum absolute atomic E-state index is 0.0486. The number of likely N-dealkylation sites (tertiary alicyclic amines) is 1. The Labute approximate surface area is 174 Å². The van der Waals surface area contributed by atoms with Gasteiger partial charge in [-0.05, 0) is 30.2 Å². The molecular weight excluding hydrogens is 366 g/mol. The third kappa shape index (κ3) is 5.95. The van der Waals surface area contributed by atoms with Crippen LogP contribution in [0, 0.1) is 5.41 Å². The topological polar surface area (TPSA) is 61.9 Å². The Morgan fingerprint density at radius 1 is 1.14 bits per heavy atom. The molecule has 1 aromatic carbocycles. The Hall–Kier alpha value is -2.08. The van der Waals surface area contributed by atoms with Crippen molar-refractivity contribution >= 4 is 11.9 Å². The number of urea groups is 1. The number of morpholine rings is 1. The zero-order chi connectivity index (χ0) is 20.9. The fourth-order valence-electron chi connectivity index (χ4n) is 4.35. The first kappa shape index (κ1) is 21.6. The fraction of sp³-hybridized carbons (Fsp3) is 0.652. The first-order valence-corrected chi connectivity index (χ1v) is 10.8. The van der Waals surface area contributed by atoms with Gasteiger partial charge in [0.15, 0.2) is 0 Å². The molecule has 29 heavy (non-hydrogen) atoms. The molecule has 2 aliphatic rings. The van der Waals surface area contributed by atoms with Gasteiger partial charge < -0.3 is 19.9 Å². The molecule has 160 valence electrons. The van der Waals surface area contributed by atoms with Gasteiger partial charge in [0.2, 0.25) is 5.91 Å². The van der Waals surface area contributed by atoms with E-state index in [0.29, 0.717) is 32.8 Å². The SMILES string of the molecule is CC(C)(C)CC1CCCN1C(=O)NCC(C(=O)N1CCOCC1)c1ccccc1. The summed E-state index contributed by atoms with van der Waals surface area (Å²) < 4.78 is 5.38. The minimum Gasteiger partial charge on any atom is -0.378 e. The molecule has 2 fully saturated rings. The Kier molecular flexibility index (Phi) is 7.17. The normalized spacial score (nSPS) is 21.1. The molecule has 3 rings (SSSR count). The lowest BCUT2D eigenvalue weighted by atomic mass is 9.87. The summed E-state index contributed by atoms with van der Waals surface area (Å²) in [6.07, 6.45) is 3.09. The molecule has 2 unspecified atom stereocenters. The number of nitrogens with one attached hydrogen (secondary N) is 1. The molecule has 0 aromatic heterocycles. The van der Waals surface area contributed by atoms with Crippen LogP contribution in [0.1, 0.15) is 51.5 Å². The van der Waals surface area contributed by atoms with Crippen molar-refractivity contribution < 1.29 is 14.3 Å². The number of benzene rings is 1. The highest BCUT2D eigenvalue weighted by Crippen LogP contribution is 2.30. The molecule has 3 amide bonds. The van der Waals surface area contributed by atoms with Gasteiger partial charge in [-0.25, -0.2) is 4.79 Å². The molecule has 0 radical (unpaired) electrons. The average Bonchev–Trinajstić information content (AvgIpc) is 3.15. The second-order valence-electron chi connectivity index (χ2n) is 9.34. The van der Waals surface area contributed by atoms with Gasteiger partial charge in [0.25, 0.3) is 0 Å². The van der Waals surface area contributed by atoms with Gasteiger partial charge in [-0.1, -0.05) is 51.1 Å². The van der Waals surface area contributed by atoms with E-state index in [0.717, 1.165) is 31.4 Å². The van der Waals surface area contributed by atoms with Gasteiger partial charge in [0.05, 0.1) is 19.1 Å². The standard InChI is InChI=1S/C23H35N3O3/c1-23(2,3)16-19-10-7-11-26(19)22(28)24-17-20(18-8-5-4-6-9-18)21(27)25-12-14-29-15-13-25/h4-6,8-9,19-20H,7,10-17H2,1-3H3,(H,24,28). The lowest BCUT2D eigenvalue weighted by molar-refractivity contribution is -0.136. The van der Waals surface area contributed by atoms with Crippen molar-refractivity contribution in [1.82, 2.24) is 15.1 Å². The van der Waals surface area contributed by atoms with Gasteiger partial charge in [0.1, 0.15) is 0 Å². The van der Waals surface area contributed by atoms with Crippen molar-refractivity contribution in [1.29, 1.82) is 0 Å². The largest absolute Gasteiger partial charge is 0.378 e. The maximum Gasteiger partial charge on any atom is 0.317 e. The number of hydrogen-bond donors (Lipinski definition) is 1. The van der Waals surface area contributed by atoms with Crippen LogP contribution in [0.5, 0.6) is 0 Å². The summed E-state index contributed by atoms with van der Waals surface area (Å²) in [6.45, 7) is 10.1. The summed E-state index contributed by atoms with van der Waals surface area (Å²) >= 11 is 0. The number of ether oxygens (including phenoxy) is 1. The molecule has 6 nitrogen and oxygen atoms in total. The Morgan fingerprint density at radius 2 is 1.83 bits per heavy atom. The quantitative estimate of drug-likeness (QED) is 0.824. The summed E-state index contributed by atoms with van der Waals surface area (Å²) in [5, 5.41) is 3.07. The summed E-state index contributed by atoms with van der Waals surface area (Å²) in [7, 11) is 0. The average molecular weight is 402 g/mol. The maximum absolute atomic E-state index is 13.2. The lowest BCUT2D eigenvalue weighted by Gasteiger charge is -2.32. The molecule has 1 N–H and O–H groups in total. The van der Waals surface area contributed by atoms with Crippen LogP contribution in [0.2, 0.25) is 0 Å². The molecule has 2 atom stereocenters. The van der Waals surface area contributed by atoms with Gasteiger partial charge in [0, 0.05) is 32.2 Å². The second kappa shape index (κ2) is 9.61. The van der Waals surface area contributed by atoms with Crippen molar-refractivity contribution in [3.8, 4) is 0 Å². The van der Waals surface area contributed by atoms with Crippen molar-refractivity contribution in [3.05, 3.63) is 35.9 Å². The minimum atomic E-state index is -0.373. The molecule has 0 saturated carbocycles. The summed E-state index contributed by atoms with van der Waals surface area (Å²) in [6, 6.07) is 9.99.